The second-order valence-corrected chi connectivity index (χ2v) is 12.9. The molecule has 0 aliphatic rings. The van der Waals surface area contributed by atoms with Gasteiger partial charge in [0.15, 0.2) is 19.9 Å². The maximum absolute atomic E-state index is 11.7. The molecule has 0 radical (unpaired) electrons. The Bertz CT molecular complexity index is 595. The van der Waals surface area contributed by atoms with E-state index in [1.54, 1.807) is 10.8 Å². The zero-order chi connectivity index (χ0) is 20.1. The van der Waals surface area contributed by atoms with Gasteiger partial charge >= 0.3 is 0 Å². The van der Waals surface area contributed by atoms with E-state index >= 15 is 0 Å². The molecule has 1 heterocycles. The van der Waals surface area contributed by atoms with Crippen molar-refractivity contribution in [2.75, 3.05) is 13.2 Å². The second-order valence-electron chi connectivity index (χ2n) is 8.05. The molecule has 0 aliphatic heterocycles. The van der Waals surface area contributed by atoms with Gasteiger partial charge in [0.25, 0.3) is 0 Å². The standard InChI is InChI=1S/C18H34N2O5Si/c1-8-24-12-20-11-14(19-17(20)13(2)21)16(23)15(22)9-10-25-26(6,7)18(3,4)5/h11,15-16,22-23H,8-10,12H2,1-7H3/t15-,16-/m1/s1. The second kappa shape index (κ2) is 9.23. The number of aliphatic hydroxyl groups excluding tert-OH is 2. The highest BCUT2D eigenvalue weighted by Crippen LogP contribution is 2.36. The third-order valence-electron chi connectivity index (χ3n) is 4.89. The summed E-state index contributed by atoms with van der Waals surface area (Å²) in [5.41, 5.74) is 0.259. The van der Waals surface area contributed by atoms with Crippen LogP contribution in [0, 0.1) is 0 Å². The van der Waals surface area contributed by atoms with Crippen molar-refractivity contribution in [3.8, 4) is 0 Å². The fraction of sp³-hybridized carbons (Fsp3) is 0.778. The van der Waals surface area contributed by atoms with Gasteiger partial charge in [0.1, 0.15) is 12.8 Å². The Balaban J connectivity index is 2.73. The van der Waals surface area contributed by atoms with Gasteiger partial charge in [-0.2, -0.15) is 0 Å². The first-order chi connectivity index (χ1) is 11.9. The van der Waals surface area contributed by atoms with Gasteiger partial charge in [-0.1, -0.05) is 20.8 Å². The number of carbonyl (C=O) groups is 1. The van der Waals surface area contributed by atoms with E-state index in [-0.39, 0.29) is 29.1 Å². The van der Waals surface area contributed by atoms with Crippen molar-refractivity contribution in [1.29, 1.82) is 0 Å². The first-order valence-corrected chi connectivity index (χ1v) is 12.0. The first kappa shape index (κ1) is 23.0. The Kier molecular flexibility index (Phi) is 8.16. The number of hydrogen-bond acceptors (Lipinski definition) is 6. The van der Waals surface area contributed by atoms with E-state index < -0.39 is 20.5 Å². The molecule has 0 spiro atoms. The monoisotopic (exact) mass is 386 g/mol. The topological polar surface area (TPSA) is 93.8 Å². The molecule has 8 heteroatoms. The fourth-order valence-corrected chi connectivity index (χ4v) is 3.22. The van der Waals surface area contributed by atoms with E-state index in [4.69, 9.17) is 9.16 Å². The zero-order valence-electron chi connectivity index (χ0n) is 17.1. The molecule has 0 saturated carbocycles. The summed E-state index contributed by atoms with van der Waals surface area (Å²) in [6.45, 7) is 15.0. The van der Waals surface area contributed by atoms with Crippen molar-refractivity contribution in [2.24, 2.45) is 0 Å². The fourth-order valence-electron chi connectivity index (χ4n) is 2.15. The predicted molar refractivity (Wildman–Crippen MR) is 103 cm³/mol. The Morgan fingerprint density at radius 3 is 2.46 bits per heavy atom. The third-order valence-corrected chi connectivity index (χ3v) is 9.43. The molecule has 1 rings (SSSR count). The lowest BCUT2D eigenvalue weighted by atomic mass is 10.1. The van der Waals surface area contributed by atoms with E-state index in [1.807, 2.05) is 6.92 Å². The van der Waals surface area contributed by atoms with Crippen LogP contribution >= 0.6 is 0 Å². The minimum Gasteiger partial charge on any atom is -0.417 e. The molecule has 0 bridgehead atoms. The molecular weight excluding hydrogens is 352 g/mol. The van der Waals surface area contributed by atoms with Crippen LogP contribution in [0.3, 0.4) is 0 Å². The van der Waals surface area contributed by atoms with Crippen LogP contribution < -0.4 is 0 Å². The lowest BCUT2D eigenvalue weighted by molar-refractivity contribution is 0.00284. The molecule has 150 valence electrons. The molecule has 0 saturated heterocycles. The summed E-state index contributed by atoms with van der Waals surface area (Å²) in [5.74, 6) is -0.0175. The summed E-state index contributed by atoms with van der Waals surface area (Å²) >= 11 is 0. The number of aliphatic hydroxyl groups is 2. The minimum atomic E-state index is -1.89. The first-order valence-electron chi connectivity index (χ1n) is 9.06. The smallest absolute Gasteiger partial charge is 0.195 e. The summed E-state index contributed by atoms with van der Waals surface area (Å²) in [6, 6.07) is 0. The molecule has 2 N–H and O–H groups in total. The van der Waals surface area contributed by atoms with Crippen molar-refractivity contribution in [1.82, 2.24) is 9.55 Å². The quantitative estimate of drug-likeness (QED) is 0.474. The molecular formula is C18H34N2O5Si. The van der Waals surface area contributed by atoms with E-state index in [0.29, 0.717) is 19.6 Å². The highest BCUT2D eigenvalue weighted by atomic mass is 28.4. The number of carbonyl (C=O) groups excluding carboxylic acids is 1. The highest BCUT2D eigenvalue weighted by molar-refractivity contribution is 6.74. The Morgan fingerprint density at radius 1 is 1.35 bits per heavy atom. The largest absolute Gasteiger partial charge is 0.417 e. The highest BCUT2D eigenvalue weighted by Gasteiger charge is 2.37. The minimum absolute atomic E-state index is 0.0883. The van der Waals surface area contributed by atoms with Crippen LogP contribution in [0.4, 0.5) is 0 Å². The van der Waals surface area contributed by atoms with Gasteiger partial charge in [-0.05, 0) is 31.5 Å². The Hall–Kier alpha value is -1.06. The average molecular weight is 387 g/mol. The van der Waals surface area contributed by atoms with Gasteiger partial charge in [0, 0.05) is 26.3 Å². The number of hydrogen-bond donors (Lipinski definition) is 2. The number of ether oxygens (including phenoxy) is 1. The summed E-state index contributed by atoms with van der Waals surface area (Å²) in [5, 5.41) is 20.8. The molecule has 26 heavy (non-hydrogen) atoms. The maximum Gasteiger partial charge on any atom is 0.195 e. The molecule has 1 aromatic heterocycles. The molecule has 0 aliphatic carbocycles. The predicted octanol–water partition coefficient (Wildman–Crippen LogP) is 2.89. The molecule has 0 amide bonds. The van der Waals surface area contributed by atoms with Gasteiger partial charge in [-0.3, -0.25) is 4.79 Å². The van der Waals surface area contributed by atoms with Gasteiger partial charge < -0.3 is 23.9 Å². The van der Waals surface area contributed by atoms with Crippen LogP contribution in [0.25, 0.3) is 0 Å². The van der Waals surface area contributed by atoms with Crippen LogP contribution in [-0.4, -0.2) is 53.2 Å². The van der Waals surface area contributed by atoms with Gasteiger partial charge in [-0.25, -0.2) is 4.98 Å². The van der Waals surface area contributed by atoms with E-state index in [9.17, 15) is 15.0 Å². The van der Waals surface area contributed by atoms with Gasteiger partial charge in [-0.15, -0.1) is 0 Å². The molecule has 2 atom stereocenters. The maximum atomic E-state index is 11.7. The molecule has 0 unspecified atom stereocenters. The van der Waals surface area contributed by atoms with E-state index in [2.05, 4.69) is 38.8 Å². The normalized spacial score (nSPS) is 15.1. The number of imidazole rings is 1. The number of ketones is 1. The molecule has 0 fully saturated rings. The Morgan fingerprint density at radius 2 is 1.96 bits per heavy atom. The van der Waals surface area contributed by atoms with Gasteiger partial charge in [0.05, 0.1) is 11.8 Å². The molecule has 7 nitrogen and oxygen atoms in total. The van der Waals surface area contributed by atoms with E-state index in [0.717, 1.165) is 0 Å². The van der Waals surface area contributed by atoms with Crippen molar-refractivity contribution in [2.45, 2.75) is 78.1 Å². The van der Waals surface area contributed by atoms with Crippen molar-refractivity contribution in [3.05, 3.63) is 17.7 Å². The summed E-state index contributed by atoms with van der Waals surface area (Å²) in [7, 11) is -1.89. The van der Waals surface area contributed by atoms with Crippen LogP contribution in [0.2, 0.25) is 18.1 Å². The Labute approximate surface area is 157 Å². The van der Waals surface area contributed by atoms with Crippen molar-refractivity contribution < 1.29 is 24.2 Å². The average Bonchev–Trinajstić information content (AvgIpc) is 2.95. The van der Waals surface area contributed by atoms with Crippen LogP contribution in [0.1, 0.15) is 63.5 Å². The van der Waals surface area contributed by atoms with Crippen LogP contribution in [0.5, 0.6) is 0 Å². The number of Topliss-reactive ketones (excluding diaryl/α,β-unsaturated/α-hetero) is 1. The lowest BCUT2D eigenvalue weighted by Crippen LogP contribution is -2.41. The molecule has 0 aromatic carbocycles. The zero-order valence-corrected chi connectivity index (χ0v) is 18.1. The number of aromatic nitrogens is 2. The van der Waals surface area contributed by atoms with Crippen LogP contribution in [0.15, 0.2) is 6.20 Å². The number of nitrogens with zero attached hydrogens (tertiary/aromatic N) is 2. The van der Waals surface area contributed by atoms with Crippen molar-refractivity contribution in [3.63, 3.8) is 0 Å². The van der Waals surface area contributed by atoms with Crippen molar-refractivity contribution >= 4 is 14.1 Å². The third kappa shape index (κ3) is 5.99. The van der Waals surface area contributed by atoms with E-state index in [1.165, 1.54) is 6.92 Å². The lowest BCUT2D eigenvalue weighted by Gasteiger charge is -2.36. The van der Waals surface area contributed by atoms with Gasteiger partial charge in [0.2, 0.25) is 0 Å². The van der Waals surface area contributed by atoms with Crippen LogP contribution in [-0.2, 0) is 15.9 Å². The summed E-state index contributed by atoms with van der Waals surface area (Å²) in [6.07, 6.45) is -0.356. The number of rotatable bonds is 10. The molecule has 1 aromatic rings. The summed E-state index contributed by atoms with van der Waals surface area (Å²) in [4.78, 5) is 15.9. The summed E-state index contributed by atoms with van der Waals surface area (Å²) < 4.78 is 12.9. The SMILES string of the molecule is CCOCn1cc([C@@H](O)[C@H](O)CCO[Si](C)(C)C(C)(C)C)nc1C(C)=O.